The number of hydrogen-bond acceptors (Lipinski definition) is 4. The number of rotatable bonds is 9. The predicted molar refractivity (Wildman–Crippen MR) is 122 cm³/mol. The van der Waals surface area contributed by atoms with Crippen molar-refractivity contribution in [3.05, 3.63) is 46.4 Å². The molecule has 146 valence electrons. The number of benzene rings is 2. The topological polar surface area (TPSA) is 57.4 Å². The van der Waals surface area contributed by atoms with Gasteiger partial charge in [-0.25, -0.2) is 9.97 Å². The van der Waals surface area contributed by atoms with Crippen LogP contribution in [0.4, 0.5) is 0 Å². The molecule has 0 amide bonds. The van der Waals surface area contributed by atoms with Crippen molar-refractivity contribution in [2.45, 2.75) is 36.0 Å². The fourth-order valence-electron chi connectivity index (χ4n) is 2.94. The zero-order valence-corrected chi connectivity index (χ0v) is 18.3. The number of fused-ring (bicyclic) bond motifs is 2. The molecule has 2 aromatic heterocycles. The van der Waals surface area contributed by atoms with Gasteiger partial charge in [0.15, 0.2) is 10.3 Å². The lowest BCUT2D eigenvalue weighted by Crippen LogP contribution is -1.86. The summed E-state index contributed by atoms with van der Waals surface area (Å²) in [6, 6.07) is 11.8. The van der Waals surface area contributed by atoms with Crippen molar-refractivity contribution in [3.63, 3.8) is 0 Å². The first-order chi connectivity index (χ1) is 13.7. The third-order valence-electron chi connectivity index (χ3n) is 4.39. The lowest BCUT2D eigenvalue weighted by atomic mass is 10.2. The monoisotopic (exact) mass is 450 g/mol. The van der Waals surface area contributed by atoms with Gasteiger partial charge in [0.1, 0.15) is 0 Å². The summed E-state index contributed by atoms with van der Waals surface area (Å²) >= 11 is 15.6. The molecule has 2 heterocycles. The first-order valence-corrected chi connectivity index (χ1v) is 12.0. The number of imidazole rings is 2. The van der Waals surface area contributed by atoms with Gasteiger partial charge < -0.3 is 9.97 Å². The second-order valence-corrected chi connectivity index (χ2v) is 9.48. The summed E-state index contributed by atoms with van der Waals surface area (Å²) in [6.07, 6.45) is 4.84. The number of aromatic amines is 2. The Morgan fingerprint density at radius 1 is 0.714 bits per heavy atom. The Morgan fingerprint density at radius 2 is 1.32 bits per heavy atom. The summed E-state index contributed by atoms with van der Waals surface area (Å²) in [5, 5.41) is 3.03. The number of nitrogens with one attached hydrogen (secondary N) is 2. The maximum absolute atomic E-state index is 6.05. The largest absolute Gasteiger partial charge is 0.333 e. The van der Waals surface area contributed by atoms with E-state index in [0.29, 0.717) is 10.0 Å². The van der Waals surface area contributed by atoms with E-state index in [9.17, 15) is 0 Å². The minimum absolute atomic E-state index is 0.540. The molecule has 0 saturated carbocycles. The summed E-state index contributed by atoms with van der Waals surface area (Å²) in [6.45, 7) is 0. The van der Waals surface area contributed by atoms with E-state index in [1.165, 1.54) is 25.7 Å². The number of para-hydroxylation sites is 2. The van der Waals surface area contributed by atoms with Gasteiger partial charge in [-0.05, 0) is 37.1 Å². The average molecular weight is 451 g/mol. The molecular weight excluding hydrogens is 431 g/mol. The molecule has 8 heteroatoms. The minimum Gasteiger partial charge on any atom is -0.333 e. The zero-order valence-electron chi connectivity index (χ0n) is 15.2. The summed E-state index contributed by atoms with van der Waals surface area (Å²) in [5.41, 5.74) is 3.94. The fourth-order valence-corrected chi connectivity index (χ4v) is 5.04. The van der Waals surface area contributed by atoms with Gasteiger partial charge in [-0.1, -0.05) is 71.7 Å². The second-order valence-electron chi connectivity index (χ2n) is 6.50. The molecule has 2 N–H and O–H groups in total. The van der Waals surface area contributed by atoms with Crippen LogP contribution in [0.2, 0.25) is 10.0 Å². The Kier molecular flexibility index (Phi) is 6.73. The van der Waals surface area contributed by atoms with E-state index in [4.69, 9.17) is 23.2 Å². The van der Waals surface area contributed by atoms with Crippen LogP contribution in [0, 0.1) is 0 Å². The standard InChI is InChI=1S/C20H20Cl2N4S2/c21-13-11-17-18(12-14(13)22)26-20(25-17)28-10-6-2-1-5-9-27-19-23-15-7-3-4-8-16(15)24-19/h3-4,7-8,11-12H,1-2,5-6,9-10H2,(H,23,24)(H,25,26). The third kappa shape index (κ3) is 4.98. The molecule has 4 rings (SSSR count). The molecule has 0 fully saturated rings. The first kappa shape index (κ1) is 20.0. The predicted octanol–water partition coefficient (Wildman–Crippen LogP) is 7.19. The van der Waals surface area contributed by atoms with Gasteiger partial charge in [-0.2, -0.15) is 0 Å². The SMILES string of the molecule is Clc1cc2nc(SCCCCCCSc3nc4ccccc4[nH]3)[nH]c2cc1Cl. The maximum atomic E-state index is 6.05. The Balaban J connectivity index is 1.13. The molecule has 0 saturated heterocycles. The third-order valence-corrected chi connectivity index (χ3v) is 7.03. The molecule has 0 unspecified atom stereocenters. The lowest BCUT2D eigenvalue weighted by Gasteiger charge is -2.00. The highest BCUT2D eigenvalue weighted by Gasteiger charge is 2.07. The summed E-state index contributed by atoms with van der Waals surface area (Å²) in [5.74, 6) is 2.15. The van der Waals surface area contributed by atoms with Gasteiger partial charge in [-0.15, -0.1) is 0 Å². The Hall–Kier alpha value is -1.34. The van der Waals surface area contributed by atoms with Crippen LogP contribution in [0.1, 0.15) is 25.7 Å². The van der Waals surface area contributed by atoms with Gasteiger partial charge in [0.05, 0.1) is 32.1 Å². The van der Waals surface area contributed by atoms with Crippen molar-refractivity contribution in [1.82, 2.24) is 19.9 Å². The van der Waals surface area contributed by atoms with Gasteiger partial charge >= 0.3 is 0 Å². The normalized spacial score (nSPS) is 11.6. The van der Waals surface area contributed by atoms with Crippen molar-refractivity contribution in [3.8, 4) is 0 Å². The second kappa shape index (κ2) is 9.44. The van der Waals surface area contributed by atoms with Crippen LogP contribution in [0.5, 0.6) is 0 Å². The highest BCUT2D eigenvalue weighted by atomic mass is 35.5. The van der Waals surface area contributed by atoms with Gasteiger partial charge in [0.25, 0.3) is 0 Å². The molecule has 28 heavy (non-hydrogen) atoms. The molecule has 4 nitrogen and oxygen atoms in total. The number of nitrogens with zero attached hydrogens (tertiary/aromatic N) is 2. The molecule has 0 aliphatic heterocycles. The summed E-state index contributed by atoms with van der Waals surface area (Å²) in [4.78, 5) is 15.8. The van der Waals surface area contributed by atoms with E-state index in [2.05, 4.69) is 26.0 Å². The van der Waals surface area contributed by atoms with Crippen molar-refractivity contribution in [2.24, 2.45) is 0 Å². The van der Waals surface area contributed by atoms with Crippen LogP contribution < -0.4 is 0 Å². The maximum Gasteiger partial charge on any atom is 0.166 e. The lowest BCUT2D eigenvalue weighted by molar-refractivity contribution is 0.710. The Morgan fingerprint density at radius 3 is 2.04 bits per heavy atom. The fraction of sp³-hybridized carbons (Fsp3) is 0.300. The molecular formula is C20H20Cl2N4S2. The average Bonchev–Trinajstić information content (AvgIpc) is 3.27. The van der Waals surface area contributed by atoms with Crippen LogP contribution >= 0.6 is 46.7 Å². The van der Waals surface area contributed by atoms with Crippen LogP contribution in [-0.2, 0) is 0 Å². The van der Waals surface area contributed by atoms with Crippen molar-refractivity contribution in [2.75, 3.05) is 11.5 Å². The molecule has 0 radical (unpaired) electrons. The smallest absolute Gasteiger partial charge is 0.166 e. The molecule has 0 aliphatic rings. The van der Waals surface area contributed by atoms with E-state index in [1.54, 1.807) is 29.6 Å². The van der Waals surface area contributed by atoms with Gasteiger partial charge in [-0.3, -0.25) is 0 Å². The summed E-state index contributed by atoms with van der Waals surface area (Å²) < 4.78 is 0. The van der Waals surface area contributed by atoms with Gasteiger partial charge in [0, 0.05) is 11.5 Å². The van der Waals surface area contributed by atoms with Crippen LogP contribution in [-0.4, -0.2) is 31.4 Å². The molecule has 2 aromatic carbocycles. The van der Waals surface area contributed by atoms with Gasteiger partial charge in [0.2, 0.25) is 0 Å². The molecule has 0 spiro atoms. The van der Waals surface area contributed by atoms with E-state index in [-0.39, 0.29) is 0 Å². The zero-order chi connectivity index (χ0) is 19.3. The van der Waals surface area contributed by atoms with Crippen molar-refractivity contribution >= 4 is 68.8 Å². The van der Waals surface area contributed by atoms with E-state index >= 15 is 0 Å². The van der Waals surface area contributed by atoms with E-state index in [1.807, 2.05) is 24.3 Å². The van der Waals surface area contributed by atoms with E-state index in [0.717, 1.165) is 43.9 Å². The minimum atomic E-state index is 0.540. The number of halogens is 2. The number of aromatic nitrogens is 4. The highest BCUT2D eigenvalue weighted by Crippen LogP contribution is 2.29. The van der Waals surface area contributed by atoms with Crippen LogP contribution in [0.3, 0.4) is 0 Å². The van der Waals surface area contributed by atoms with Crippen LogP contribution in [0.25, 0.3) is 22.1 Å². The Labute approximate surface area is 182 Å². The number of H-pyrrole nitrogens is 2. The molecule has 0 bridgehead atoms. The number of thioether (sulfide) groups is 2. The molecule has 0 atom stereocenters. The molecule has 4 aromatic rings. The Bertz CT molecular complexity index is 1000. The number of unbranched alkanes of at least 4 members (excludes halogenated alkanes) is 3. The van der Waals surface area contributed by atoms with Crippen molar-refractivity contribution < 1.29 is 0 Å². The number of hydrogen-bond donors (Lipinski definition) is 2. The first-order valence-electron chi connectivity index (χ1n) is 9.24. The molecule has 0 aliphatic carbocycles. The summed E-state index contributed by atoms with van der Waals surface area (Å²) in [7, 11) is 0. The van der Waals surface area contributed by atoms with Crippen LogP contribution in [0.15, 0.2) is 46.7 Å². The van der Waals surface area contributed by atoms with Crippen molar-refractivity contribution in [1.29, 1.82) is 0 Å². The highest BCUT2D eigenvalue weighted by molar-refractivity contribution is 7.99. The van der Waals surface area contributed by atoms with E-state index < -0.39 is 0 Å². The quantitative estimate of drug-likeness (QED) is 0.209.